The maximum Gasteiger partial charge on any atom is 0.329 e. The molecule has 0 bridgehead atoms. The molecule has 0 atom stereocenters. The van der Waals surface area contributed by atoms with E-state index in [1.807, 2.05) is 26.8 Å². The maximum atomic E-state index is 13.9. The molecule has 2 N–H and O–H groups in total. The molecule has 4 aromatic rings. The Hall–Kier alpha value is -5.07. The molecule has 0 spiro atoms. The number of nitrogens with zero attached hydrogens (tertiary/aromatic N) is 1. The third-order valence-corrected chi connectivity index (χ3v) is 8.22. The Morgan fingerprint density at radius 3 is 2.11 bits per heavy atom. The van der Waals surface area contributed by atoms with E-state index in [-0.39, 0.29) is 58.6 Å². The first kappa shape index (κ1) is 34.8. The van der Waals surface area contributed by atoms with Gasteiger partial charge >= 0.3 is 5.97 Å². The molecule has 12 heteroatoms. The minimum Gasteiger partial charge on any atom is -0.493 e. The number of carbonyl (C=O) groups is 2. The Kier molecular flexibility index (Phi) is 11.1. The van der Waals surface area contributed by atoms with E-state index in [1.165, 1.54) is 31.4 Å². The first-order valence-corrected chi connectivity index (χ1v) is 16.2. The van der Waals surface area contributed by atoms with Gasteiger partial charge in [-0.1, -0.05) is 75.4 Å². The lowest BCUT2D eigenvalue weighted by Gasteiger charge is -2.23. The number of methoxy groups -OCH3 is 1. The molecule has 248 valence electrons. The number of sulfonamides is 1. The van der Waals surface area contributed by atoms with Gasteiger partial charge in [-0.2, -0.15) is 5.06 Å². The highest BCUT2D eigenvalue weighted by molar-refractivity contribution is 7.92. The number of rotatable bonds is 12. The van der Waals surface area contributed by atoms with Crippen LogP contribution >= 0.6 is 0 Å². The van der Waals surface area contributed by atoms with Crippen molar-refractivity contribution in [2.24, 2.45) is 0 Å². The van der Waals surface area contributed by atoms with Gasteiger partial charge in [0.25, 0.3) is 15.9 Å². The topological polar surface area (TPSA) is 141 Å². The summed E-state index contributed by atoms with van der Waals surface area (Å²) < 4.78 is 47.5. The summed E-state index contributed by atoms with van der Waals surface area (Å²) in [5.74, 6) is -1.10. The number of aliphatic hydroxyl groups excluding tert-OH is 1. The van der Waals surface area contributed by atoms with Gasteiger partial charge in [0, 0.05) is 12.5 Å². The van der Waals surface area contributed by atoms with Crippen LogP contribution in [-0.4, -0.2) is 50.8 Å². The minimum atomic E-state index is -4.25. The van der Waals surface area contributed by atoms with Crippen molar-refractivity contribution in [2.45, 2.75) is 44.6 Å². The van der Waals surface area contributed by atoms with Gasteiger partial charge in [-0.25, -0.2) is 8.42 Å². The number of hydroxylamine groups is 2. The summed E-state index contributed by atoms with van der Waals surface area (Å²) in [5, 5.41) is 10.4. The van der Waals surface area contributed by atoms with Crippen molar-refractivity contribution >= 4 is 27.6 Å². The summed E-state index contributed by atoms with van der Waals surface area (Å²) in [6.07, 6.45) is 0. The molecule has 47 heavy (non-hydrogen) atoms. The van der Waals surface area contributed by atoms with Crippen molar-refractivity contribution in [3.63, 3.8) is 0 Å². The average Bonchev–Trinajstić information content (AvgIpc) is 3.04. The van der Waals surface area contributed by atoms with Crippen LogP contribution in [0.1, 0.15) is 49.2 Å². The Labute approximate surface area is 274 Å². The summed E-state index contributed by atoms with van der Waals surface area (Å²) in [6, 6.07) is 24.6. The van der Waals surface area contributed by atoms with Gasteiger partial charge < -0.3 is 24.2 Å². The molecular formula is C35H38N2O9S. The highest BCUT2D eigenvalue weighted by Gasteiger charge is 2.27. The molecule has 4 aromatic carbocycles. The summed E-state index contributed by atoms with van der Waals surface area (Å²) in [5.41, 5.74) is 1.16. The van der Waals surface area contributed by atoms with Gasteiger partial charge in [0.05, 0.1) is 30.8 Å². The Balaban J connectivity index is 1.86. The van der Waals surface area contributed by atoms with Crippen LogP contribution in [0.3, 0.4) is 0 Å². The summed E-state index contributed by atoms with van der Waals surface area (Å²) in [6.45, 7) is 6.53. The Bertz CT molecular complexity index is 1800. The third kappa shape index (κ3) is 9.02. The summed E-state index contributed by atoms with van der Waals surface area (Å²) in [7, 11) is -2.80. The van der Waals surface area contributed by atoms with Gasteiger partial charge in [-0.15, -0.1) is 0 Å². The molecule has 1 amide bonds. The number of carbonyl (C=O) groups excluding carboxylic acids is 2. The second kappa shape index (κ2) is 15.0. The van der Waals surface area contributed by atoms with Gasteiger partial charge in [0.15, 0.2) is 23.0 Å². The number of anilines is 1. The molecule has 0 aromatic heterocycles. The van der Waals surface area contributed by atoms with Gasteiger partial charge in [-0.3, -0.25) is 14.3 Å². The van der Waals surface area contributed by atoms with E-state index in [9.17, 15) is 23.1 Å². The van der Waals surface area contributed by atoms with Crippen LogP contribution < -0.4 is 18.9 Å². The zero-order valence-electron chi connectivity index (χ0n) is 26.9. The monoisotopic (exact) mass is 662 g/mol. The Morgan fingerprint density at radius 1 is 0.872 bits per heavy atom. The van der Waals surface area contributed by atoms with Crippen LogP contribution in [0.2, 0.25) is 0 Å². The zero-order chi connectivity index (χ0) is 34.2. The number of ether oxygens (including phenoxy) is 3. The average molecular weight is 663 g/mol. The molecule has 0 aliphatic heterocycles. The molecular weight excluding hydrogens is 624 g/mol. The Morgan fingerprint density at radius 2 is 1.51 bits per heavy atom. The molecule has 0 saturated heterocycles. The first-order valence-electron chi connectivity index (χ1n) is 14.7. The van der Waals surface area contributed by atoms with Gasteiger partial charge in [0.1, 0.15) is 6.61 Å². The molecule has 0 fully saturated rings. The lowest BCUT2D eigenvalue weighted by molar-refractivity contribution is -0.177. The normalized spacial score (nSPS) is 11.4. The van der Waals surface area contributed by atoms with Crippen molar-refractivity contribution in [3.8, 4) is 23.0 Å². The van der Waals surface area contributed by atoms with E-state index in [0.29, 0.717) is 11.3 Å². The number of nitrogens with one attached hydrogen (secondary N) is 1. The van der Waals surface area contributed by atoms with E-state index in [4.69, 9.17) is 19.0 Å². The second-order valence-corrected chi connectivity index (χ2v) is 13.1. The summed E-state index contributed by atoms with van der Waals surface area (Å²) in [4.78, 5) is 31.2. The number of para-hydroxylation sites is 2. The number of hydrogen-bond acceptors (Lipinski definition) is 9. The third-order valence-electron chi connectivity index (χ3n) is 6.84. The largest absolute Gasteiger partial charge is 0.493 e. The molecule has 4 rings (SSSR count). The fourth-order valence-corrected chi connectivity index (χ4v) is 5.57. The molecule has 0 aliphatic carbocycles. The highest BCUT2D eigenvalue weighted by Crippen LogP contribution is 2.43. The molecule has 0 saturated carbocycles. The fourth-order valence-electron chi connectivity index (χ4n) is 4.51. The molecule has 0 heterocycles. The van der Waals surface area contributed by atoms with Crippen molar-refractivity contribution in [1.29, 1.82) is 0 Å². The van der Waals surface area contributed by atoms with Crippen molar-refractivity contribution in [2.75, 3.05) is 25.0 Å². The summed E-state index contributed by atoms with van der Waals surface area (Å²) >= 11 is 0. The van der Waals surface area contributed by atoms with Crippen molar-refractivity contribution < 1.29 is 42.2 Å². The zero-order valence-corrected chi connectivity index (χ0v) is 27.7. The predicted octanol–water partition coefficient (Wildman–Crippen LogP) is 6.08. The van der Waals surface area contributed by atoms with E-state index >= 15 is 0 Å². The van der Waals surface area contributed by atoms with Crippen molar-refractivity contribution in [1.82, 2.24) is 5.06 Å². The van der Waals surface area contributed by atoms with Gasteiger partial charge in [0.2, 0.25) is 0 Å². The molecule has 0 unspecified atom stereocenters. The predicted molar refractivity (Wildman–Crippen MR) is 176 cm³/mol. The van der Waals surface area contributed by atoms with Crippen LogP contribution in [0.4, 0.5) is 5.69 Å². The van der Waals surface area contributed by atoms with E-state index in [2.05, 4.69) is 4.72 Å². The van der Waals surface area contributed by atoms with E-state index in [1.54, 1.807) is 60.7 Å². The lowest BCUT2D eigenvalue weighted by Crippen LogP contribution is -2.32. The van der Waals surface area contributed by atoms with Gasteiger partial charge in [-0.05, 0) is 52.9 Å². The molecule has 11 nitrogen and oxygen atoms in total. The van der Waals surface area contributed by atoms with Crippen LogP contribution in [0, 0.1) is 0 Å². The number of aliphatic hydroxyl groups is 1. The van der Waals surface area contributed by atoms with Crippen LogP contribution in [-0.2, 0) is 31.6 Å². The molecule has 0 radical (unpaired) electrons. The fraction of sp³-hybridized carbons (Fsp3) is 0.257. The SMILES string of the molecule is COc1ccccc1Oc1c(NS(=O)(=O)c2ccc(C(C)(C)C)cc2)cc(C(=O)N(Cc2ccccc2)OC(C)=O)cc1OCCO. The first-order chi connectivity index (χ1) is 22.3. The minimum absolute atomic E-state index is 0.0334. The standard InChI is InChI=1S/C35H38N2O9S/c1-24(39)46-37(23-25-11-7-6-8-12-25)34(40)26-21-29(36-47(41,42)28-17-15-27(16-18-28)35(2,3)4)33(32(22-26)44-20-19-38)45-31-14-10-9-13-30(31)43-5/h6-18,21-22,36,38H,19-20,23H2,1-5H3. The van der Waals surface area contributed by atoms with Crippen LogP contribution in [0.15, 0.2) is 95.9 Å². The maximum absolute atomic E-state index is 13.9. The van der Waals surface area contributed by atoms with Crippen molar-refractivity contribution in [3.05, 3.63) is 108 Å². The smallest absolute Gasteiger partial charge is 0.329 e. The van der Waals surface area contributed by atoms with E-state index < -0.39 is 21.9 Å². The molecule has 0 aliphatic rings. The van der Waals surface area contributed by atoms with Crippen LogP contribution in [0.5, 0.6) is 23.0 Å². The van der Waals surface area contributed by atoms with Crippen LogP contribution in [0.25, 0.3) is 0 Å². The second-order valence-electron chi connectivity index (χ2n) is 11.5. The van der Waals surface area contributed by atoms with E-state index in [0.717, 1.165) is 17.6 Å². The highest BCUT2D eigenvalue weighted by atomic mass is 32.2. The lowest BCUT2D eigenvalue weighted by atomic mass is 9.87. The number of benzene rings is 4. The quantitative estimate of drug-likeness (QED) is 0.173. The number of amides is 1. The number of hydrogen-bond donors (Lipinski definition) is 2.